The number of nitrogens with zero attached hydrogens (tertiary/aromatic N) is 2. The Bertz CT molecular complexity index is 555. The Morgan fingerprint density at radius 1 is 1.35 bits per heavy atom. The second kappa shape index (κ2) is 5.52. The van der Waals surface area contributed by atoms with Crippen LogP contribution in [0.25, 0.3) is 0 Å². The van der Waals surface area contributed by atoms with Crippen molar-refractivity contribution in [1.29, 1.82) is 0 Å². The van der Waals surface area contributed by atoms with Crippen LogP contribution < -0.4 is 0 Å². The number of amides is 1. The summed E-state index contributed by atoms with van der Waals surface area (Å²) in [5.41, 5.74) is -1.59. The molecule has 1 aliphatic rings. The highest BCUT2D eigenvalue weighted by Gasteiger charge is 2.28. The van der Waals surface area contributed by atoms with E-state index in [4.69, 9.17) is 0 Å². The van der Waals surface area contributed by atoms with Gasteiger partial charge in [-0.1, -0.05) is 6.92 Å². The lowest BCUT2D eigenvalue weighted by atomic mass is 9.98. The van der Waals surface area contributed by atoms with Crippen LogP contribution >= 0.6 is 0 Å². The van der Waals surface area contributed by atoms with Gasteiger partial charge < -0.3 is 4.90 Å². The van der Waals surface area contributed by atoms with Crippen molar-refractivity contribution in [1.82, 2.24) is 4.90 Å². The van der Waals surface area contributed by atoms with Gasteiger partial charge in [0.25, 0.3) is 5.91 Å². The van der Waals surface area contributed by atoms with Crippen LogP contribution in [0.1, 0.15) is 30.1 Å². The second-order valence-electron chi connectivity index (χ2n) is 5.02. The number of hydrogen-bond acceptors (Lipinski definition) is 3. The molecular formula is C13H14F2N2O3. The first-order valence-corrected chi connectivity index (χ1v) is 6.33. The molecule has 0 aromatic heterocycles. The second-order valence-corrected chi connectivity index (χ2v) is 5.02. The van der Waals surface area contributed by atoms with Crippen molar-refractivity contribution >= 4 is 11.6 Å². The zero-order valence-electron chi connectivity index (χ0n) is 10.9. The minimum absolute atomic E-state index is 0.448. The van der Waals surface area contributed by atoms with Crippen LogP contribution in [0.4, 0.5) is 14.5 Å². The van der Waals surface area contributed by atoms with Gasteiger partial charge in [0.05, 0.1) is 16.6 Å². The Hall–Kier alpha value is -2.05. The van der Waals surface area contributed by atoms with E-state index >= 15 is 0 Å². The van der Waals surface area contributed by atoms with Crippen LogP contribution in [0, 0.1) is 27.7 Å². The van der Waals surface area contributed by atoms with Crippen molar-refractivity contribution in [2.45, 2.75) is 19.8 Å². The fraction of sp³-hybridized carbons (Fsp3) is 0.462. The zero-order chi connectivity index (χ0) is 14.9. The van der Waals surface area contributed by atoms with Gasteiger partial charge in [-0.05, 0) is 24.8 Å². The average molecular weight is 284 g/mol. The summed E-state index contributed by atoms with van der Waals surface area (Å²) in [4.78, 5) is 23.2. The predicted molar refractivity (Wildman–Crippen MR) is 67.3 cm³/mol. The number of rotatable bonds is 2. The molecule has 20 heavy (non-hydrogen) atoms. The van der Waals surface area contributed by atoms with E-state index in [-0.39, 0.29) is 0 Å². The predicted octanol–water partition coefficient (Wildman–Crippen LogP) is 2.75. The average Bonchev–Trinajstić information content (AvgIpc) is 2.41. The van der Waals surface area contributed by atoms with Gasteiger partial charge in [-0.25, -0.2) is 4.39 Å². The molecule has 0 bridgehead atoms. The molecule has 5 nitrogen and oxygen atoms in total. The molecule has 1 saturated heterocycles. The number of nitro benzene ring substituents is 1. The number of carbonyl (C=O) groups excluding carboxylic acids is 1. The smallest absolute Gasteiger partial charge is 0.308 e. The molecule has 1 amide bonds. The van der Waals surface area contributed by atoms with Crippen LogP contribution in [0.2, 0.25) is 0 Å². The normalized spacial score (nSPS) is 16.2. The molecule has 7 heteroatoms. The highest BCUT2D eigenvalue weighted by molar-refractivity contribution is 5.95. The zero-order valence-corrected chi connectivity index (χ0v) is 10.9. The summed E-state index contributed by atoms with van der Waals surface area (Å²) in [6.07, 6.45) is 1.57. The number of nitro groups is 1. The number of hydrogen-bond donors (Lipinski definition) is 0. The summed E-state index contributed by atoms with van der Waals surface area (Å²) >= 11 is 0. The van der Waals surface area contributed by atoms with Crippen molar-refractivity contribution < 1.29 is 18.5 Å². The van der Waals surface area contributed by atoms with Crippen LogP contribution in [-0.2, 0) is 0 Å². The molecule has 0 spiro atoms. The minimum Gasteiger partial charge on any atom is -0.339 e. The standard InChI is InChI=1S/C13H14F2N2O3/c1-8-2-4-16(5-3-8)13(18)10-6-9(14)7-11(12(10)15)17(19)20/h6-8H,2-5H2,1H3. The largest absolute Gasteiger partial charge is 0.339 e. The van der Waals surface area contributed by atoms with Crippen molar-refractivity contribution in [2.75, 3.05) is 13.1 Å². The Kier molecular flexibility index (Phi) is 3.96. The molecule has 108 valence electrons. The maximum atomic E-state index is 13.9. The Labute approximate surface area is 114 Å². The molecule has 0 unspecified atom stereocenters. The van der Waals surface area contributed by atoms with Gasteiger partial charge in [-0.15, -0.1) is 0 Å². The third-order valence-electron chi connectivity index (χ3n) is 3.52. The van der Waals surface area contributed by atoms with Crippen molar-refractivity contribution in [2.24, 2.45) is 5.92 Å². The first kappa shape index (κ1) is 14.4. The number of likely N-dealkylation sites (tertiary alicyclic amines) is 1. The molecule has 1 aromatic carbocycles. The van der Waals surface area contributed by atoms with Gasteiger partial charge in [0, 0.05) is 13.1 Å². The van der Waals surface area contributed by atoms with Crippen molar-refractivity contribution in [3.63, 3.8) is 0 Å². The lowest BCUT2D eigenvalue weighted by Gasteiger charge is -2.30. The first-order valence-electron chi connectivity index (χ1n) is 6.33. The van der Waals surface area contributed by atoms with Gasteiger partial charge >= 0.3 is 5.69 Å². The Morgan fingerprint density at radius 3 is 2.50 bits per heavy atom. The van der Waals surface area contributed by atoms with Crippen LogP contribution in [0.5, 0.6) is 0 Å². The maximum Gasteiger partial charge on any atom is 0.308 e. The summed E-state index contributed by atoms with van der Waals surface area (Å²) in [7, 11) is 0. The number of carbonyl (C=O) groups is 1. The summed E-state index contributed by atoms with van der Waals surface area (Å²) < 4.78 is 27.2. The Morgan fingerprint density at radius 2 is 1.95 bits per heavy atom. The lowest BCUT2D eigenvalue weighted by Crippen LogP contribution is -2.38. The van der Waals surface area contributed by atoms with E-state index in [1.165, 1.54) is 4.90 Å². The van der Waals surface area contributed by atoms with Gasteiger partial charge in [0.15, 0.2) is 0 Å². The van der Waals surface area contributed by atoms with Crippen LogP contribution in [-0.4, -0.2) is 28.8 Å². The van der Waals surface area contributed by atoms with E-state index in [9.17, 15) is 23.7 Å². The number of halogens is 2. The molecule has 2 rings (SSSR count). The summed E-state index contributed by atoms with van der Waals surface area (Å²) in [5, 5.41) is 10.6. The van der Waals surface area contributed by atoms with E-state index in [1.54, 1.807) is 0 Å². The topological polar surface area (TPSA) is 63.5 Å². The molecule has 0 radical (unpaired) electrons. The quantitative estimate of drug-likeness (QED) is 0.619. The van der Waals surface area contributed by atoms with Gasteiger partial charge in [-0.2, -0.15) is 4.39 Å². The monoisotopic (exact) mass is 284 g/mol. The SMILES string of the molecule is CC1CCN(C(=O)c2cc(F)cc([N+](=O)[O-])c2F)CC1. The highest BCUT2D eigenvalue weighted by atomic mass is 19.1. The molecule has 1 aromatic rings. The minimum atomic E-state index is -1.28. The van der Waals surface area contributed by atoms with Gasteiger partial charge in [0.2, 0.25) is 5.82 Å². The van der Waals surface area contributed by atoms with Gasteiger partial charge in [0.1, 0.15) is 5.82 Å². The van der Waals surface area contributed by atoms with Crippen molar-refractivity contribution in [3.05, 3.63) is 39.4 Å². The summed E-state index contributed by atoms with van der Waals surface area (Å²) in [5.74, 6) is -2.49. The van der Waals surface area contributed by atoms with E-state index in [0.29, 0.717) is 31.1 Å². The number of benzene rings is 1. The third-order valence-corrected chi connectivity index (χ3v) is 3.52. The molecule has 1 heterocycles. The molecule has 0 aliphatic carbocycles. The maximum absolute atomic E-state index is 13.9. The van der Waals surface area contributed by atoms with E-state index in [2.05, 4.69) is 6.92 Å². The van der Waals surface area contributed by atoms with Crippen LogP contribution in [0.15, 0.2) is 12.1 Å². The first-order chi connectivity index (χ1) is 9.40. The molecule has 0 N–H and O–H groups in total. The third kappa shape index (κ3) is 2.76. The lowest BCUT2D eigenvalue weighted by molar-refractivity contribution is -0.387. The van der Waals surface area contributed by atoms with Crippen LogP contribution in [0.3, 0.4) is 0 Å². The molecule has 0 atom stereocenters. The molecule has 0 saturated carbocycles. The fourth-order valence-corrected chi connectivity index (χ4v) is 2.25. The molecule has 1 aliphatic heterocycles. The van der Waals surface area contributed by atoms with E-state index in [1.807, 2.05) is 0 Å². The summed E-state index contributed by atoms with van der Waals surface area (Å²) in [6, 6.07) is 1.19. The fourth-order valence-electron chi connectivity index (χ4n) is 2.25. The van der Waals surface area contributed by atoms with Crippen molar-refractivity contribution in [3.8, 4) is 0 Å². The highest BCUT2D eigenvalue weighted by Crippen LogP contribution is 2.25. The van der Waals surface area contributed by atoms with E-state index < -0.39 is 33.7 Å². The Balaban J connectivity index is 2.32. The summed E-state index contributed by atoms with van der Waals surface area (Å²) in [6.45, 7) is 2.95. The number of piperidine rings is 1. The molecular weight excluding hydrogens is 270 g/mol. The van der Waals surface area contributed by atoms with E-state index in [0.717, 1.165) is 12.8 Å². The van der Waals surface area contributed by atoms with Gasteiger partial charge in [-0.3, -0.25) is 14.9 Å². The molecule has 1 fully saturated rings.